The van der Waals surface area contributed by atoms with Crippen LogP contribution in [0, 0.1) is 5.92 Å². The van der Waals surface area contributed by atoms with Crippen LogP contribution in [-0.2, 0) is 4.43 Å². The van der Waals surface area contributed by atoms with Crippen LogP contribution in [-0.4, -0.2) is 33.2 Å². The van der Waals surface area contributed by atoms with Gasteiger partial charge in [0.15, 0.2) is 8.32 Å². The Hall–Kier alpha value is -1.10. The van der Waals surface area contributed by atoms with Gasteiger partial charge >= 0.3 is 0 Å². The standard InChI is InChI=1S/C19H32O3Si/c1-15(14-22-23(6,7)19(2,3)4)18(20)13-10-16-8-11-17(21-5)12-9-16/h8-13,15,18,20H,14H2,1-7H3/b13-10+/t15-,18-/m1/s1. The van der Waals surface area contributed by atoms with E-state index < -0.39 is 14.4 Å². The van der Waals surface area contributed by atoms with Crippen molar-refractivity contribution >= 4 is 14.4 Å². The molecule has 0 amide bonds. The molecule has 1 N–H and O–H groups in total. The van der Waals surface area contributed by atoms with Crippen molar-refractivity contribution in [2.24, 2.45) is 5.92 Å². The molecular weight excluding hydrogens is 304 g/mol. The van der Waals surface area contributed by atoms with Gasteiger partial charge < -0.3 is 14.3 Å². The van der Waals surface area contributed by atoms with Crippen LogP contribution in [0.25, 0.3) is 6.08 Å². The van der Waals surface area contributed by atoms with E-state index in [1.807, 2.05) is 43.3 Å². The van der Waals surface area contributed by atoms with Crippen LogP contribution in [0.15, 0.2) is 30.3 Å². The van der Waals surface area contributed by atoms with Crippen molar-refractivity contribution in [1.82, 2.24) is 0 Å². The second-order valence-electron chi connectivity index (χ2n) is 7.67. The number of methoxy groups -OCH3 is 1. The van der Waals surface area contributed by atoms with Gasteiger partial charge in [-0.25, -0.2) is 0 Å². The second kappa shape index (κ2) is 8.13. The summed E-state index contributed by atoms with van der Waals surface area (Å²) in [5.41, 5.74) is 1.04. The lowest BCUT2D eigenvalue weighted by Gasteiger charge is -2.37. The van der Waals surface area contributed by atoms with E-state index in [9.17, 15) is 5.11 Å². The quantitative estimate of drug-likeness (QED) is 0.732. The molecule has 0 heterocycles. The van der Waals surface area contributed by atoms with Gasteiger partial charge in [-0.05, 0) is 35.8 Å². The molecule has 0 saturated heterocycles. The van der Waals surface area contributed by atoms with Gasteiger partial charge in [-0.3, -0.25) is 0 Å². The summed E-state index contributed by atoms with van der Waals surface area (Å²) in [6.45, 7) is 13.8. The average molecular weight is 337 g/mol. The van der Waals surface area contributed by atoms with Crippen molar-refractivity contribution in [3.8, 4) is 5.75 Å². The first-order chi connectivity index (χ1) is 10.6. The summed E-state index contributed by atoms with van der Waals surface area (Å²) in [5.74, 6) is 0.900. The number of aliphatic hydroxyl groups is 1. The largest absolute Gasteiger partial charge is 0.497 e. The van der Waals surface area contributed by atoms with Crippen LogP contribution in [0.5, 0.6) is 5.75 Å². The lowest BCUT2D eigenvalue weighted by molar-refractivity contribution is 0.115. The Labute approximate surface area is 142 Å². The maximum atomic E-state index is 10.3. The van der Waals surface area contributed by atoms with Crippen molar-refractivity contribution in [3.05, 3.63) is 35.9 Å². The number of benzene rings is 1. The number of ether oxygens (including phenoxy) is 1. The Morgan fingerprint density at radius 1 is 1.17 bits per heavy atom. The van der Waals surface area contributed by atoms with E-state index in [1.165, 1.54) is 0 Å². The molecule has 1 aromatic carbocycles. The zero-order valence-electron chi connectivity index (χ0n) is 15.6. The Morgan fingerprint density at radius 3 is 2.22 bits per heavy atom. The molecule has 0 radical (unpaired) electrons. The minimum Gasteiger partial charge on any atom is -0.497 e. The highest BCUT2D eigenvalue weighted by Gasteiger charge is 2.37. The van der Waals surface area contributed by atoms with Gasteiger partial charge in [-0.1, -0.05) is 52.0 Å². The molecule has 0 saturated carbocycles. The molecule has 2 atom stereocenters. The molecule has 0 aliphatic carbocycles. The maximum absolute atomic E-state index is 10.3. The van der Waals surface area contributed by atoms with E-state index in [4.69, 9.17) is 9.16 Å². The number of hydrogen-bond acceptors (Lipinski definition) is 3. The Bertz CT molecular complexity index is 500. The monoisotopic (exact) mass is 336 g/mol. The second-order valence-corrected chi connectivity index (χ2v) is 12.5. The topological polar surface area (TPSA) is 38.7 Å². The zero-order chi connectivity index (χ0) is 17.7. The highest BCUT2D eigenvalue weighted by Crippen LogP contribution is 2.36. The lowest BCUT2D eigenvalue weighted by atomic mass is 10.0. The maximum Gasteiger partial charge on any atom is 0.191 e. The summed E-state index contributed by atoms with van der Waals surface area (Å²) in [6.07, 6.45) is 3.26. The van der Waals surface area contributed by atoms with E-state index in [0.29, 0.717) is 6.61 Å². The molecule has 0 bridgehead atoms. The fraction of sp³-hybridized carbons (Fsp3) is 0.579. The van der Waals surface area contributed by atoms with Crippen LogP contribution in [0.4, 0.5) is 0 Å². The zero-order valence-corrected chi connectivity index (χ0v) is 16.6. The third-order valence-corrected chi connectivity index (χ3v) is 9.20. The van der Waals surface area contributed by atoms with Gasteiger partial charge in [0, 0.05) is 12.5 Å². The Morgan fingerprint density at radius 2 is 1.74 bits per heavy atom. The third kappa shape index (κ3) is 6.13. The lowest BCUT2D eigenvalue weighted by Crippen LogP contribution is -2.42. The molecule has 4 heteroatoms. The smallest absolute Gasteiger partial charge is 0.191 e. The highest BCUT2D eigenvalue weighted by molar-refractivity contribution is 6.74. The van der Waals surface area contributed by atoms with E-state index in [-0.39, 0.29) is 11.0 Å². The summed E-state index contributed by atoms with van der Waals surface area (Å²) in [4.78, 5) is 0. The third-order valence-electron chi connectivity index (χ3n) is 4.70. The normalized spacial score (nSPS) is 15.7. The molecule has 0 unspecified atom stereocenters. The van der Waals surface area contributed by atoms with E-state index in [2.05, 4.69) is 33.9 Å². The van der Waals surface area contributed by atoms with E-state index >= 15 is 0 Å². The van der Waals surface area contributed by atoms with Crippen LogP contribution in [0.3, 0.4) is 0 Å². The molecule has 0 aliphatic heterocycles. The summed E-state index contributed by atoms with van der Waals surface area (Å²) in [6, 6.07) is 7.77. The molecule has 1 aromatic rings. The van der Waals surface area contributed by atoms with Crippen LogP contribution in [0.2, 0.25) is 18.1 Å². The number of rotatable bonds is 7. The highest BCUT2D eigenvalue weighted by atomic mass is 28.4. The van der Waals surface area contributed by atoms with Gasteiger partial charge in [0.25, 0.3) is 0 Å². The molecule has 0 aromatic heterocycles. The summed E-state index contributed by atoms with van der Waals surface area (Å²) in [5, 5.41) is 10.5. The fourth-order valence-corrected chi connectivity index (χ4v) is 2.88. The molecule has 0 spiro atoms. The summed E-state index contributed by atoms with van der Waals surface area (Å²) >= 11 is 0. The van der Waals surface area contributed by atoms with Crippen molar-refractivity contribution in [1.29, 1.82) is 0 Å². The Kier molecular flexibility index (Phi) is 7.05. The van der Waals surface area contributed by atoms with E-state index in [0.717, 1.165) is 11.3 Å². The minimum atomic E-state index is -1.76. The molecule has 130 valence electrons. The summed E-state index contributed by atoms with van der Waals surface area (Å²) < 4.78 is 11.3. The van der Waals surface area contributed by atoms with Gasteiger partial charge in [0.2, 0.25) is 0 Å². The molecular formula is C19H32O3Si. The van der Waals surface area contributed by atoms with Crippen LogP contribution < -0.4 is 4.74 Å². The molecule has 0 fully saturated rings. The molecule has 3 nitrogen and oxygen atoms in total. The predicted octanol–water partition coefficient (Wildman–Crippen LogP) is 4.73. The first-order valence-corrected chi connectivity index (χ1v) is 11.1. The SMILES string of the molecule is COc1ccc(/C=C/[C@@H](O)[C@H](C)CO[Si](C)(C)C(C)(C)C)cc1. The molecule has 0 aliphatic rings. The predicted molar refractivity (Wildman–Crippen MR) is 100 cm³/mol. The first-order valence-electron chi connectivity index (χ1n) is 8.21. The van der Waals surface area contributed by atoms with Crippen LogP contribution >= 0.6 is 0 Å². The van der Waals surface area contributed by atoms with Gasteiger partial charge in [0.05, 0.1) is 13.2 Å². The minimum absolute atomic E-state index is 0.0682. The van der Waals surface area contributed by atoms with Gasteiger partial charge in [-0.15, -0.1) is 0 Å². The first kappa shape index (κ1) is 19.9. The molecule has 23 heavy (non-hydrogen) atoms. The van der Waals surface area contributed by atoms with Crippen molar-refractivity contribution in [2.45, 2.75) is 51.9 Å². The van der Waals surface area contributed by atoms with Crippen molar-refractivity contribution in [3.63, 3.8) is 0 Å². The van der Waals surface area contributed by atoms with Gasteiger partial charge in [-0.2, -0.15) is 0 Å². The van der Waals surface area contributed by atoms with Crippen molar-refractivity contribution < 1.29 is 14.3 Å². The average Bonchev–Trinajstić information content (AvgIpc) is 2.49. The summed E-state index contributed by atoms with van der Waals surface area (Å²) in [7, 11) is -0.109. The number of aliphatic hydroxyl groups excluding tert-OH is 1. The van der Waals surface area contributed by atoms with Crippen LogP contribution in [0.1, 0.15) is 33.3 Å². The van der Waals surface area contributed by atoms with E-state index in [1.54, 1.807) is 7.11 Å². The van der Waals surface area contributed by atoms with Gasteiger partial charge in [0.1, 0.15) is 5.75 Å². The van der Waals surface area contributed by atoms with Crippen molar-refractivity contribution in [2.75, 3.05) is 13.7 Å². The fourth-order valence-electron chi connectivity index (χ4n) is 1.77. The molecule has 1 rings (SSSR count). The Balaban J connectivity index is 2.56. The number of hydrogen-bond donors (Lipinski definition) is 1.